The number of fused-ring (bicyclic) bond motifs is 3. The normalized spacial score (nSPS) is 10.9. The van der Waals surface area contributed by atoms with E-state index in [0.29, 0.717) is 0 Å². The van der Waals surface area contributed by atoms with Gasteiger partial charge in [-0.2, -0.15) is 0 Å². The molecule has 3 aromatic rings. The van der Waals surface area contributed by atoms with Crippen molar-refractivity contribution >= 4 is 21.7 Å². The molecule has 0 bridgehead atoms. The first-order chi connectivity index (χ1) is 6.95. The zero-order valence-electron chi connectivity index (χ0n) is 7.70. The summed E-state index contributed by atoms with van der Waals surface area (Å²) < 4.78 is 0. The summed E-state index contributed by atoms with van der Waals surface area (Å²) in [4.78, 5) is 3.24. The average Bonchev–Trinajstić information content (AvgIpc) is 2.29. The molecule has 66 valence electrons. The van der Waals surface area contributed by atoms with E-state index in [-0.39, 0.29) is 0 Å². The van der Waals surface area contributed by atoms with Crippen molar-refractivity contribution in [3.63, 3.8) is 0 Å². The van der Waals surface area contributed by atoms with E-state index in [2.05, 4.69) is 47.4 Å². The molecule has 0 fully saturated rings. The summed E-state index contributed by atoms with van der Waals surface area (Å²) in [5.74, 6) is 0. The van der Waals surface area contributed by atoms with Crippen LogP contribution in [0.5, 0.6) is 0 Å². The molecule has 3 rings (SSSR count). The van der Waals surface area contributed by atoms with Gasteiger partial charge in [-0.1, -0.05) is 24.3 Å². The number of rotatable bonds is 0. The molecule has 1 N–H and O–H groups in total. The fourth-order valence-electron chi connectivity index (χ4n) is 1.88. The molecule has 0 spiro atoms. The predicted octanol–water partition coefficient (Wildman–Crippen LogP) is 2.81. The Labute approximate surface area is 82.0 Å². The van der Waals surface area contributed by atoms with E-state index in [1.807, 2.05) is 12.3 Å². The second-order valence-corrected chi connectivity index (χ2v) is 3.42. The van der Waals surface area contributed by atoms with Crippen molar-refractivity contribution < 1.29 is 4.98 Å². The third kappa shape index (κ3) is 0.990. The van der Waals surface area contributed by atoms with E-state index in [1.54, 1.807) is 0 Å². The topological polar surface area (TPSA) is 14.1 Å². The zero-order valence-corrected chi connectivity index (χ0v) is 7.70. The van der Waals surface area contributed by atoms with Crippen molar-refractivity contribution in [2.24, 2.45) is 0 Å². The van der Waals surface area contributed by atoms with Crippen LogP contribution in [-0.2, 0) is 0 Å². The summed E-state index contributed by atoms with van der Waals surface area (Å²) in [7, 11) is 0. The number of aromatic amines is 1. The summed E-state index contributed by atoms with van der Waals surface area (Å²) in [6, 6.07) is 16.9. The van der Waals surface area contributed by atoms with Gasteiger partial charge in [-0.25, -0.2) is 4.98 Å². The molecule has 0 unspecified atom stereocenters. The van der Waals surface area contributed by atoms with Crippen LogP contribution >= 0.6 is 0 Å². The lowest BCUT2D eigenvalue weighted by Crippen LogP contribution is -2.00. The molecule has 1 heteroatoms. The number of pyridine rings is 1. The second kappa shape index (κ2) is 2.81. The van der Waals surface area contributed by atoms with Crippen LogP contribution in [0.2, 0.25) is 0 Å². The maximum atomic E-state index is 3.24. The van der Waals surface area contributed by atoms with Crippen LogP contribution < -0.4 is 4.98 Å². The predicted molar refractivity (Wildman–Crippen MR) is 58.0 cm³/mol. The van der Waals surface area contributed by atoms with Gasteiger partial charge in [0.15, 0.2) is 6.20 Å². The van der Waals surface area contributed by atoms with Crippen molar-refractivity contribution in [3.05, 3.63) is 54.7 Å². The van der Waals surface area contributed by atoms with Gasteiger partial charge in [-0.3, -0.25) is 0 Å². The molecule has 0 amide bonds. The number of hydrogen-bond acceptors (Lipinski definition) is 0. The Bertz CT molecular complexity index is 544. The van der Waals surface area contributed by atoms with E-state index in [1.165, 1.54) is 21.7 Å². The van der Waals surface area contributed by atoms with Gasteiger partial charge in [0.2, 0.25) is 5.52 Å². The lowest BCUT2D eigenvalue weighted by molar-refractivity contribution is -0.344. The van der Waals surface area contributed by atoms with Crippen LogP contribution in [0.25, 0.3) is 21.7 Å². The molecule has 0 saturated heterocycles. The average molecular weight is 180 g/mol. The van der Waals surface area contributed by atoms with Gasteiger partial charge >= 0.3 is 0 Å². The molecule has 2 aromatic carbocycles. The monoisotopic (exact) mass is 180 g/mol. The minimum Gasteiger partial charge on any atom is -0.211 e. The molecule has 1 heterocycles. The van der Waals surface area contributed by atoms with Gasteiger partial charge in [0.1, 0.15) is 0 Å². The third-order valence-corrected chi connectivity index (χ3v) is 2.57. The van der Waals surface area contributed by atoms with Crippen LogP contribution in [0.3, 0.4) is 0 Å². The van der Waals surface area contributed by atoms with Gasteiger partial charge in [-0.15, -0.1) is 0 Å². The number of benzene rings is 2. The minimum atomic E-state index is 1.19. The first-order valence-electron chi connectivity index (χ1n) is 4.73. The Hall–Kier alpha value is -1.89. The van der Waals surface area contributed by atoms with Crippen molar-refractivity contribution in [2.75, 3.05) is 0 Å². The molecular formula is C13H10N+. The molecule has 0 saturated carbocycles. The number of aromatic nitrogens is 1. The van der Waals surface area contributed by atoms with Gasteiger partial charge < -0.3 is 0 Å². The molecule has 0 aliphatic heterocycles. The molecule has 0 aliphatic carbocycles. The van der Waals surface area contributed by atoms with E-state index in [4.69, 9.17) is 0 Å². The zero-order chi connectivity index (χ0) is 9.38. The van der Waals surface area contributed by atoms with Gasteiger partial charge in [-0.05, 0) is 22.9 Å². The third-order valence-electron chi connectivity index (χ3n) is 2.57. The van der Waals surface area contributed by atoms with E-state index in [0.717, 1.165) is 0 Å². The highest BCUT2D eigenvalue weighted by atomic mass is 14.6. The van der Waals surface area contributed by atoms with Crippen LogP contribution in [0.4, 0.5) is 0 Å². The van der Waals surface area contributed by atoms with Crippen molar-refractivity contribution in [2.45, 2.75) is 0 Å². The summed E-state index contributed by atoms with van der Waals surface area (Å²) in [5.41, 5.74) is 1.19. The Kier molecular flexibility index (Phi) is 1.51. The molecule has 0 aliphatic rings. The lowest BCUT2D eigenvalue weighted by atomic mass is 10.1. The minimum absolute atomic E-state index is 1.19. The van der Waals surface area contributed by atoms with E-state index < -0.39 is 0 Å². The molecular weight excluding hydrogens is 170 g/mol. The molecule has 14 heavy (non-hydrogen) atoms. The maximum absolute atomic E-state index is 3.24. The van der Waals surface area contributed by atoms with Crippen LogP contribution in [0, 0.1) is 0 Å². The van der Waals surface area contributed by atoms with Crippen molar-refractivity contribution in [3.8, 4) is 0 Å². The molecule has 1 nitrogen and oxygen atoms in total. The number of H-pyrrole nitrogens is 1. The fraction of sp³-hybridized carbons (Fsp3) is 0. The van der Waals surface area contributed by atoms with E-state index >= 15 is 0 Å². The molecule has 0 radical (unpaired) electrons. The number of hydrogen-bond donors (Lipinski definition) is 0. The highest BCUT2D eigenvalue weighted by molar-refractivity contribution is 6.04. The van der Waals surface area contributed by atoms with Crippen LogP contribution in [0.15, 0.2) is 54.7 Å². The van der Waals surface area contributed by atoms with Crippen LogP contribution in [0.1, 0.15) is 0 Å². The fourth-order valence-corrected chi connectivity index (χ4v) is 1.88. The summed E-state index contributed by atoms with van der Waals surface area (Å²) in [6.07, 6.45) is 1.96. The first-order valence-corrected chi connectivity index (χ1v) is 4.73. The quantitative estimate of drug-likeness (QED) is 0.472. The first kappa shape index (κ1) is 7.51. The summed E-state index contributed by atoms with van der Waals surface area (Å²) in [5, 5.41) is 3.88. The Morgan fingerprint density at radius 1 is 0.714 bits per heavy atom. The highest BCUT2D eigenvalue weighted by Gasteiger charge is 2.02. The Morgan fingerprint density at radius 2 is 1.57 bits per heavy atom. The van der Waals surface area contributed by atoms with Crippen molar-refractivity contribution in [1.29, 1.82) is 0 Å². The highest BCUT2D eigenvalue weighted by Crippen LogP contribution is 2.21. The van der Waals surface area contributed by atoms with Gasteiger partial charge in [0, 0.05) is 12.1 Å². The van der Waals surface area contributed by atoms with Gasteiger partial charge in [0.05, 0.1) is 5.39 Å². The Morgan fingerprint density at radius 3 is 2.57 bits per heavy atom. The SMILES string of the molecule is c1ccc2c(c1)ccc1[nH+]cccc12. The lowest BCUT2D eigenvalue weighted by Gasteiger charge is -1.98. The van der Waals surface area contributed by atoms with Crippen LogP contribution in [-0.4, -0.2) is 0 Å². The van der Waals surface area contributed by atoms with Gasteiger partial charge in [0.25, 0.3) is 0 Å². The smallest absolute Gasteiger partial charge is 0.211 e. The summed E-state index contributed by atoms with van der Waals surface area (Å²) in [6.45, 7) is 0. The maximum Gasteiger partial charge on any atom is 0.211 e. The standard InChI is InChI=1S/C13H9N/c1-2-5-11-10(4-1)7-8-13-12(11)6-3-9-14-13/h1-9H/p+1. The Balaban J connectivity index is 2.61. The molecule has 1 aromatic heterocycles. The number of nitrogens with one attached hydrogen (secondary N) is 1. The van der Waals surface area contributed by atoms with Crippen molar-refractivity contribution in [1.82, 2.24) is 0 Å². The molecule has 0 atom stereocenters. The summed E-state index contributed by atoms with van der Waals surface area (Å²) >= 11 is 0. The largest absolute Gasteiger partial charge is 0.211 e. The van der Waals surface area contributed by atoms with E-state index in [9.17, 15) is 0 Å². The second-order valence-electron chi connectivity index (χ2n) is 3.42.